The summed E-state index contributed by atoms with van der Waals surface area (Å²) >= 11 is 4.59. The van der Waals surface area contributed by atoms with E-state index < -0.39 is 4.75 Å². The molecule has 2 amide bonds. The van der Waals surface area contributed by atoms with Gasteiger partial charge in [-0.25, -0.2) is 0 Å². The Labute approximate surface area is 186 Å². The van der Waals surface area contributed by atoms with E-state index in [-0.39, 0.29) is 11.1 Å². The van der Waals surface area contributed by atoms with E-state index >= 15 is 0 Å². The maximum absolute atomic E-state index is 12.0. The Balaban J connectivity index is 1.36. The van der Waals surface area contributed by atoms with Crippen molar-refractivity contribution in [1.82, 2.24) is 15.1 Å². The van der Waals surface area contributed by atoms with Crippen molar-refractivity contribution in [2.75, 3.05) is 13.7 Å². The van der Waals surface area contributed by atoms with Gasteiger partial charge in [-0.3, -0.25) is 19.6 Å². The molecule has 30 heavy (non-hydrogen) atoms. The molecule has 1 aliphatic rings. The molecule has 1 saturated heterocycles. The van der Waals surface area contributed by atoms with E-state index in [0.29, 0.717) is 19.6 Å². The Kier molecular flexibility index (Phi) is 5.75. The molecule has 1 unspecified atom stereocenters. The van der Waals surface area contributed by atoms with Gasteiger partial charge >= 0.3 is 0 Å². The first-order chi connectivity index (χ1) is 14.4. The van der Waals surface area contributed by atoms with Crippen LogP contribution < -0.4 is 14.8 Å². The number of carbonyl (C=O) groups is 2. The number of benzene rings is 2. The zero-order valence-corrected chi connectivity index (χ0v) is 18.9. The van der Waals surface area contributed by atoms with Crippen LogP contribution >= 0.6 is 27.7 Å². The summed E-state index contributed by atoms with van der Waals surface area (Å²) in [7, 11) is 1.64. The van der Waals surface area contributed by atoms with Crippen molar-refractivity contribution in [3.8, 4) is 11.5 Å². The molecule has 2 aromatic carbocycles. The number of hydrogen-bond donors (Lipinski definition) is 1. The Bertz CT molecular complexity index is 1120. The van der Waals surface area contributed by atoms with E-state index in [1.54, 1.807) is 20.2 Å². The lowest BCUT2D eigenvalue weighted by atomic mass is 9.99. The molecular formula is C21H20BrN3O4S. The highest BCUT2D eigenvalue weighted by molar-refractivity contribution is 9.10. The van der Waals surface area contributed by atoms with Crippen molar-refractivity contribution in [3.63, 3.8) is 0 Å². The van der Waals surface area contributed by atoms with Crippen LogP contribution in [0.4, 0.5) is 4.79 Å². The molecule has 1 N–H and O–H groups in total. The largest absolute Gasteiger partial charge is 0.496 e. The van der Waals surface area contributed by atoms with E-state index in [4.69, 9.17) is 9.47 Å². The molecule has 4 rings (SSSR count). The molecule has 1 aromatic heterocycles. The van der Waals surface area contributed by atoms with E-state index in [2.05, 4.69) is 26.3 Å². The first-order valence-electron chi connectivity index (χ1n) is 9.34. The fraction of sp³-hybridized carbons (Fsp3) is 0.286. The van der Waals surface area contributed by atoms with Gasteiger partial charge in [0.15, 0.2) is 0 Å². The van der Waals surface area contributed by atoms with Gasteiger partial charge in [-0.15, -0.1) is 0 Å². The minimum absolute atomic E-state index is 0.242. The number of fused-ring (bicyclic) bond motifs is 1. The van der Waals surface area contributed by atoms with Crippen LogP contribution in [0.5, 0.6) is 11.5 Å². The number of thioether (sulfide) groups is 1. The smallest absolute Gasteiger partial charge is 0.286 e. The van der Waals surface area contributed by atoms with E-state index in [9.17, 15) is 9.59 Å². The number of carbonyl (C=O) groups excluding carboxylic acids is 2. The maximum Gasteiger partial charge on any atom is 0.286 e. The minimum Gasteiger partial charge on any atom is -0.496 e. The van der Waals surface area contributed by atoms with Gasteiger partial charge in [0.1, 0.15) is 22.9 Å². The number of methoxy groups -OCH3 is 1. The summed E-state index contributed by atoms with van der Waals surface area (Å²) in [6.45, 7) is 2.84. The Morgan fingerprint density at radius 2 is 1.97 bits per heavy atom. The molecular weight excluding hydrogens is 470 g/mol. The Morgan fingerprint density at radius 1 is 1.20 bits per heavy atom. The third kappa shape index (κ3) is 4.04. The first-order valence-corrected chi connectivity index (χ1v) is 10.9. The van der Waals surface area contributed by atoms with E-state index in [1.165, 1.54) is 0 Å². The zero-order valence-electron chi connectivity index (χ0n) is 16.5. The highest BCUT2D eigenvalue weighted by Gasteiger charge is 2.43. The van der Waals surface area contributed by atoms with Crippen molar-refractivity contribution in [2.45, 2.75) is 24.6 Å². The van der Waals surface area contributed by atoms with Crippen molar-refractivity contribution in [3.05, 3.63) is 52.6 Å². The lowest BCUT2D eigenvalue weighted by Crippen LogP contribution is -2.35. The molecule has 156 valence electrons. The number of halogens is 1. The molecule has 0 spiro atoms. The van der Waals surface area contributed by atoms with Gasteiger partial charge in [0, 0.05) is 5.39 Å². The molecule has 0 aliphatic carbocycles. The molecule has 3 aromatic rings. The predicted molar refractivity (Wildman–Crippen MR) is 119 cm³/mol. The zero-order chi connectivity index (χ0) is 21.3. The van der Waals surface area contributed by atoms with Gasteiger partial charge in [-0.1, -0.05) is 12.1 Å². The Hall–Kier alpha value is -2.52. The summed E-state index contributed by atoms with van der Waals surface area (Å²) in [5.74, 6) is 1.27. The number of ether oxygens (including phenoxy) is 2. The summed E-state index contributed by atoms with van der Waals surface area (Å²) in [6, 6.07) is 11.5. The van der Waals surface area contributed by atoms with Gasteiger partial charge in [0.2, 0.25) is 5.91 Å². The highest BCUT2D eigenvalue weighted by Crippen LogP contribution is 2.35. The molecule has 0 bridgehead atoms. The number of imide groups is 1. The standard InChI is InChI=1S/C21H20BrN3O4S/c1-21(19(26)24-20(27)30-21)11-13-3-5-14(6-4-13)29-10-9-25-16-7-8-17(28-2)18(22)15(16)12-23-25/h3-8,12H,9-11H2,1-2H3,(H,24,26,27). The quantitative estimate of drug-likeness (QED) is 0.536. The molecule has 2 heterocycles. The molecule has 0 radical (unpaired) electrons. The summed E-state index contributed by atoms with van der Waals surface area (Å²) in [5.41, 5.74) is 1.97. The number of amides is 2. The maximum atomic E-state index is 12.0. The van der Waals surface area contributed by atoms with Crippen LogP contribution in [0.2, 0.25) is 0 Å². The monoisotopic (exact) mass is 489 g/mol. The van der Waals surface area contributed by atoms with Crippen molar-refractivity contribution < 1.29 is 19.1 Å². The van der Waals surface area contributed by atoms with Crippen molar-refractivity contribution in [2.24, 2.45) is 0 Å². The van der Waals surface area contributed by atoms with Crippen LogP contribution in [0.25, 0.3) is 10.9 Å². The molecule has 7 nitrogen and oxygen atoms in total. The fourth-order valence-electron chi connectivity index (χ4n) is 3.40. The summed E-state index contributed by atoms with van der Waals surface area (Å²) < 4.78 is 13.2. The van der Waals surface area contributed by atoms with Crippen molar-refractivity contribution >= 4 is 49.7 Å². The second-order valence-corrected chi connectivity index (χ2v) is 9.39. The van der Waals surface area contributed by atoms with Crippen LogP contribution in [0.15, 0.2) is 47.1 Å². The molecule has 0 saturated carbocycles. The number of nitrogens with zero attached hydrogens (tertiary/aromatic N) is 2. The van der Waals surface area contributed by atoms with Crippen LogP contribution in [0.3, 0.4) is 0 Å². The molecule has 9 heteroatoms. The number of aromatic nitrogens is 2. The molecule has 1 fully saturated rings. The van der Waals surface area contributed by atoms with Crippen LogP contribution in [-0.2, 0) is 17.8 Å². The molecule has 1 atom stereocenters. The second kappa shape index (κ2) is 8.31. The van der Waals surface area contributed by atoms with Crippen LogP contribution in [0.1, 0.15) is 12.5 Å². The average Bonchev–Trinajstić information content (AvgIpc) is 3.24. The van der Waals surface area contributed by atoms with Gasteiger partial charge < -0.3 is 9.47 Å². The van der Waals surface area contributed by atoms with Gasteiger partial charge in [0.05, 0.1) is 29.8 Å². The second-order valence-electron chi connectivity index (χ2n) is 7.13. The summed E-state index contributed by atoms with van der Waals surface area (Å²) in [5, 5.41) is 7.48. The van der Waals surface area contributed by atoms with Gasteiger partial charge in [0.25, 0.3) is 5.24 Å². The third-order valence-electron chi connectivity index (χ3n) is 5.00. The normalized spacial score (nSPS) is 18.6. The Morgan fingerprint density at radius 3 is 2.63 bits per heavy atom. The van der Waals surface area contributed by atoms with E-state index in [0.717, 1.165) is 44.2 Å². The summed E-state index contributed by atoms with van der Waals surface area (Å²) in [4.78, 5) is 23.4. The lowest BCUT2D eigenvalue weighted by Gasteiger charge is -2.18. The van der Waals surface area contributed by atoms with Crippen molar-refractivity contribution in [1.29, 1.82) is 0 Å². The minimum atomic E-state index is -0.766. The van der Waals surface area contributed by atoms with Crippen LogP contribution in [0, 0.1) is 0 Å². The van der Waals surface area contributed by atoms with Gasteiger partial charge in [-0.05, 0) is 70.9 Å². The SMILES string of the molecule is COc1ccc2c(cnn2CCOc2ccc(CC3(C)SC(=O)NC3=O)cc2)c1Br. The van der Waals surface area contributed by atoms with E-state index in [1.807, 2.05) is 41.1 Å². The first kappa shape index (κ1) is 20.7. The fourth-order valence-corrected chi connectivity index (χ4v) is 4.93. The number of hydrogen-bond acceptors (Lipinski definition) is 6. The van der Waals surface area contributed by atoms with Gasteiger partial charge in [-0.2, -0.15) is 5.10 Å². The average molecular weight is 490 g/mol. The van der Waals surface area contributed by atoms with Crippen LogP contribution in [-0.4, -0.2) is 39.4 Å². The lowest BCUT2D eigenvalue weighted by molar-refractivity contribution is -0.121. The third-order valence-corrected chi connectivity index (χ3v) is 6.88. The number of rotatable bonds is 7. The highest BCUT2D eigenvalue weighted by atomic mass is 79.9. The number of nitrogens with one attached hydrogen (secondary N) is 1. The topological polar surface area (TPSA) is 82.4 Å². The predicted octanol–water partition coefficient (Wildman–Crippen LogP) is 4.17. The molecule has 1 aliphatic heterocycles. The summed E-state index contributed by atoms with van der Waals surface area (Å²) in [6.07, 6.45) is 2.28.